The molecule has 0 heterocycles. The highest BCUT2D eigenvalue weighted by molar-refractivity contribution is 5.69. The molecular formula is C60H117NO11. The number of amides is 1. The van der Waals surface area contributed by atoms with Crippen LogP contribution in [0.25, 0.3) is 0 Å². The molecule has 72 heavy (non-hydrogen) atoms. The second-order valence-electron chi connectivity index (χ2n) is 20.5. The SMILES string of the molecule is CCCCCCCCC(CCCCCCCC)OC(=O)CCCCCCCOCC(COC(=O)NCCOCCOCCO)OCCCCCCCC(=O)OC(CCCCCCCC)CCCCCCCC. The van der Waals surface area contributed by atoms with Crippen LogP contribution in [0.4, 0.5) is 4.79 Å². The maximum Gasteiger partial charge on any atom is 0.407 e. The van der Waals surface area contributed by atoms with Crippen LogP contribution >= 0.6 is 0 Å². The Morgan fingerprint density at radius 3 is 1.18 bits per heavy atom. The van der Waals surface area contributed by atoms with E-state index in [4.69, 9.17) is 38.3 Å². The highest BCUT2D eigenvalue weighted by Gasteiger charge is 2.17. The van der Waals surface area contributed by atoms with Gasteiger partial charge in [-0.1, -0.05) is 195 Å². The molecule has 0 saturated heterocycles. The van der Waals surface area contributed by atoms with Crippen LogP contribution in [0.5, 0.6) is 0 Å². The molecule has 0 fully saturated rings. The zero-order chi connectivity index (χ0) is 52.5. The molecule has 0 bridgehead atoms. The van der Waals surface area contributed by atoms with Crippen molar-refractivity contribution in [2.24, 2.45) is 0 Å². The molecule has 0 spiro atoms. The Labute approximate surface area is 443 Å². The summed E-state index contributed by atoms with van der Waals surface area (Å²) in [6.07, 6.45) is 43.8. The summed E-state index contributed by atoms with van der Waals surface area (Å²) < 4.78 is 40.4. The molecule has 0 aliphatic carbocycles. The standard InChI is InChI=1S/C60H117NO11/c1-5-9-13-17-23-31-39-55(40-32-24-18-14-10-6-2)71-58(63)43-35-27-21-29-37-47-68-53-57(54-70-60(65)61-45-49-66-51-52-67-50-46-62)69-48-38-30-22-28-36-44-59(64)72-56(41-33-25-19-15-11-7-3)42-34-26-20-16-12-8-4/h55-57,62H,5-54H2,1-4H3,(H,61,65). The van der Waals surface area contributed by atoms with E-state index in [-0.39, 0.29) is 50.1 Å². The van der Waals surface area contributed by atoms with E-state index in [2.05, 4.69) is 33.0 Å². The van der Waals surface area contributed by atoms with E-state index in [9.17, 15) is 14.4 Å². The van der Waals surface area contributed by atoms with Crippen molar-refractivity contribution in [3.05, 3.63) is 0 Å². The predicted octanol–water partition coefficient (Wildman–Crippen LogP) is 15.6. The summed E-state index contributed by atoms with van der Waals surface area (Å²) in [6, 6.07) is 0. The highest BCUT2D eigenvalue weighted by Crippen LogP contribution is 2.20. The lowest BCUT2D eigenvalue weighted by Gasteiger charge is -2.19. The fourth-order valence-electron chi connectivity index (χ4n) is 8.97. The number of hydrogen-bond acceptors (Lipinski definition) is 11. The van der Waals surface area contributed by atoms with Gasteiger partial charge in [-0.15, -0.1) is 0 Å². The highest BCUT2D eigenvalue weighted by atomic mass is 16.6. The number of aliphatic hydroxyl groups excluding tert-OH is 1. The normalized spacial score (nSPS) is 12.0. The molecule has 1 atom stereocenters. The van der Waals surface area contributed by atoms with Crippen LogP contribution in [-0.2, 0) is 42.7 Å². The molecule has 1 amide bonds. The van der Waals surface area contributed by atoms with E-state index >= 15 is 0 Å². The molecule has 0 aromatic rings. The molecule has 1 unspecified atom stereocenters. The van der Waals surface area contributed by atoms with Crippen molar-refractivity contribution in [1.29, 1.82) is 0 Å². The quantitative estimate of drug-likeness (QED) is 0.0341. The van der Waals surface area contributed by atoms with E-state index in [1.807, 2.05) is 0 Å². The van der Waals surface area contributed by atoms with Crippen molar-refractivity contribution in [2.75, 3.05) is 66.0 Å². The van der Waals surface area contributed by atoms with E-state index in [1.54, 1.807) is 0 Å². The number of hydrogen-bond donors (Lipinski definition) is 2. The van der Waals surface area contributed by atoms with Gasteiger partial charge in [0.15, 0.2) is 0 Å². The van der Waals surface area contributed by atoms with Gasteiger partial charge in [0.1, 0.15) is 24.9 Å². The first-order chi connectivity index (χ1) is 35.4. The number of ether oxygens (including phenoxy) is 7. The van der Waals surface area contributed by atoms with Gasteiger partial charge in [0, 0.05) is 32.6 Å². The molecule has 0 aromatic heterocycles. The minimum Gasteiger partial charge on any atom is -0.462 e. The third-order valence-electron chi connectivity index (χ3n) is 13.5. The van der Waals surface area contributed by atoms with Gasteiger partial charge in [0.25, 0.3) is 0 Å². The lowest BCUT2D eigenvalue weighted by molar-refractivity contribution is -0.151. The molecule has 12 heteroatoms. The zero-order valence-electron chi connectivity index (χ0n) is 47.6. The summed E-state index contributed by atoms with van der Waals surface area (Å²) in [5, 5.41) is 11.5. The third-order valence-corrected chi connectivity index (χ3v) is 13.5. The van der Waals surface area contributed by atoms with Gasteiger partial charge in [0.05, 0.1) is 39.6 Å². The third kappa shape index (κ3) is 52.9. The topological polar surface area (TPSA) is 148 Å². The average molecular weight is 1030 g/mol. The van der Waals surface area contributed by atoms with Gasteiger partial charge < -0.3 is 43.6 Å². The summed E-state index contributed by atoms with van der Waals surface area (Å²) in [5.41, 5.74) is 0. The molecule has 0 radical (unpaired) electrons. The summed E-state index contributed by atoms with van der Waals surface area (Å²) in [6.45, 7) is 12.2. The van der Waals surface area contributed by atoms with Crippen LogP contribution in [-0.4, -0.2) is 107 Å². The Kier molecular flexibility index (Phi) is 56.7. The second-order valence-corrected chi connectivity index (χ2v) is 20.5. The minimum atomic E-state index is -0.534. The van der Waals surface area contributed by atoms with Crippen molar-refractivity contribution in [2.45, 2.75) is 303 Å². The van der Waals surface area contributed by atoms with Gasteiger partial charge in [0.2, 0.25) is 0 Å². The summed E-state index contributed by atoms with van der Waals surface area (Å²) >= 11 is 0. The van der Waals surface area contributed by atoms with Crippen LogP contribution in [0.1, 0.15) is 285 Å². The Morgan fingerprint density at radius 2 is 0.750 bits per heavy atom. The summed E-state index contributed by atoms with van der Waals surface area (Å²) in [5.74, 6) is -0.0735. The fraction of sp³-hybridized carbons (Fsp3) is 0.950. The van der Waals surface area contributed by atoms with Crippen molar-refractivity contribution >= 4 is 18.0 Å². The lowest BCUT2D eigenvalue weighted by Crippen LogP contribution is -2.33. The lowest BCUT2D eigenvalue weighted by atomic mass is 10.0. The molecule has 428 valence electrons. The first kappa shape index (κ1) is 70.0. The molecular weight excluding hydrogens is 911 g/mol. The van der Waals surface area contributed by atoms with Gasteiger partial charge in [-0.25, -0.2) is 4.79 Å². The van der Waals surface area contributed by atoms with Gasteiger partial charge in [-0.2, -0.15) is 0 Å². The smallest absolute Gasteiger partial charge is 0.407 e. The van der Waals surface area contributed by atoms with Crippen LogP contribution in [0.15, 0.2) is 0 Å². The van der Waals surface area contributed by atoms with Gasteiger partial charge in [-0.3, -0.25) is 9.59 Å². The number of carbonyl (C=O) groups is 3. The van der Waals surface area contributed by atoms with Crippen LogP contribution < -0.4 is 5.32 Å². The number of alkyl carbamates (subject to hydrolysis) is 1. The van der Waals surface area contributed by atoms with E-state index in [1.165, 1.54) is 128 Å². The first-order valence-electron chi connectivity index (χ1n) is 30.6. The van der Waals surface area contributed by atoms with Crippen LogP contribution in [0, 0.1) is 0 Å². The largest absolute Gasteiger partial charge is 0.462 e. The Bertz CT molecular complexity index is 1100. The predicted molar refractivity (Wildman–Crippen MR) is 296 cm³/mol. The fourth-order valence-corrected chi connectivity index (χ4v) is 8.97. The average Bonchev–Trinajstić information content (AvgIpc) is 3.37. The van der Waals surface area contributed by atoms with Crippen LogP contribution in [0.2, 0.25) is 0 Å². The monoisotopic (exact) mass is 1030 g/mol. The number of nitrogens with one attached hydrogen (secondary N) is 1. The number of rotatable bonds is 59. The van der Waals surface area contributed by atoms with E-state index in [0.717, 1.165) is 116 Å². The zero-order valence-corrected chi connectivity index (χ0v) is 47.6. The molecule has 0 aromatic carbocycles. The maximum atomic E-state index is 12.9. The van der Waals surface area contributed by atoms with Crippen molar-refractivity contribution in [3.8, 4) is 0 Å². The molecule has 2 N–H and O–H groups in total. The Balaban J connectivity index is 4.68. The van der Waals surface area contributed by atoms with Crippen molar-refractivity contribution < 1.29 is 52.6 Å². The molecule has 0 aliphatic rings. The van der Waals surface area contributed by atoms with E-state index < -0.39 is 6.09 Å². The van der Waals surface area contributed by atoms with Gasteiger partial charge >= 0.3 is 18.0 Å². The Morgan fingerprint density at radius 1 is 0.375 bits per heavy atom. The summed E-state index contributed by atoms with van der Waals surface area (Å²) in [7, 11) is 0. The maximum absolute atomic E-state index is 12.9. The van der Waals surface area contributed by atoms with Crippen molar-refractivity contribution in [1.82, 2.24) is 5.32 Å². The van der Waals surface area contributed by atoms with Gasteiger partial charge in [-0.05, 0) is 77.0 Å². The number of esters is 2. The Hall–Kier alpha value is -1.99. The molecule has 0 saturated carbocycles. The van der Waals surface area contributed by atoms with Crippen LogP contribution in [0.3, 0.4) is 0 Å². The second kappa shape index (κ2) is 58.3. The summed E-state index contributed by atoms with van der Waals surface area (Å²) in [4.78, 5) is 38.1. The number of aliphatic hydroxyl groups is 1. The first-order valence-corrected chi connectivity index (χ1v) is 30.6. The number of unbranched alkanes of at least 4 members (excludes halogenated alkanes) is 28. The van der Waals surface area contributed by atoms with E-state index in [0.29, 0.717) is 59.0 Å². The number of carbonyl (C=O) groups excluding carboxylic acids is 3. The van der Waals surface area contributed by atoms with Crippen molar-refractivity contribution in [3.63, 3.8) is 0 Å². The molecule has 0 aliphatic heterocycles. The minimum absolute atomic E-state index is 0.0261. The molecule has 12 nitrogen and oxygen atoms in total. The molecule has 0 rings (SSSR count).